The van der Waals surface area contributed by atoms with Crippen LogP contribution in [-0.2, 0) is 9.59 Å². The highest BCUT2D eigenvalue weighted by molar-refractivity contribution is 8.00. The maximum Gasteiger partial charge on any atom is 0.315 e. The summed E-state index contributed by atoms with van der Waals surface area (Å²) >= 11 is 1.78. The van der Waals surface area contributed by atoms with Crippen molar-refractivity contribution < 1.29 is 14.7 Å². The number of rotatable bonds is 5. The van der Waals surface area contributed by atoms with Gasteiger partial charge < -0.3 is 10.4 Å². The molecular weight excluding hydrogens is 226 g/mol. The lowest BCUT2D eigenvalue weighted by atomic mass is 10.1. The Morgan fingerprint density at radius 3 is 2.44 bits per heavy atom. The van der Waals surface area contributed by atoms with Crippen LogP contribution in [-0.4, -0.2) is 34.5 Å². The molecule has 1 fully saturated rings. The van der Waals surface area contributed by atoms with Crippen LogP contribution < -0.4 is 5.32 Å². The fraction of sp³-hybridized carbons (Fsp3) is 0.818. The number of hydrogen-bond donors (Lipinski definition) is 2. The van der Waals surface area contributed by atoms with E-state index < -0.39 is 11.9 Å². The number of aliphatic carboxylic acids is 1. The Kier molecular flexibility index (Phi) is 4.65. The first-order valence-corrected chi connectivity index (χ1v) is 6.79. The van der Waals surface area contributed by atoms with E-state index in [0.717, 1.165) is 12.8 Å². The quantitative estimate of drug-likeness (QED) is 0.720. The lowest BCUT2D eigenvalue weighted by Crippen LogP contribution is -2.42. The van der Waals surface area contributed by atoms with Crippen molar-refractivity contribution >= 4 is 23.6 Å². The van der Waals surface area contributed by atoms with Gasteiger partial charge in [0.1, 0.15) is 5.92 Å². The van der Waals surface area contributed by atoms with Crippen molar-refractivity contribution in [2.24, 2.45) is 5.92 Å². The zero-order valence-electron chi connectivity index (χ0n) is 9.78. The molecule has 2 N–H and O–H groups in total. The van der Waals surface area contributed by atoms with Crippen molar-refractivity contribution in [2.75, 3.05) is 12.8 Å². The molecule has 92 valence electrons. The topological polar surface area (TPSA) is 66.4 Å². The third kappa shape index (κ3) is 3.14. The summed E-state index contributed by atoms with van der Waals surface area (Å²) in [5, 5.41) is 11.5. The minimum Gasteiger partial charge on any atom is -0.481 e. The van der Waals surface area contributed by atoms with Crippen LogP contribution in [0.2, 0.25) is 0 Å². The molecule has 0 spiro atoms. The first-order valence-electron chi connectivity index (χ1n) is 5.56. The van der Waals surface area contributed by atoms with Crippen LogP contribution in [0.3, 0.4) is 0 Å². The molecule has 1 amide bonds. The summed E-state index contributed by atoms with van der Waals surface area (Å²) in [6, 6.07) is 0. The third-order valence-corrected chi connectivity index (χ3v) is 4.71. The van der Waals surface area contributed by atoms with Crippen molar-refractivity contribution in [1.29, 1.82) is 0 Å². The molecule has 1 saturated carbocycles. The van der Waals surface area contributed by atoms with Gasteiger partial charge in [0.15, 0.2) is 0 Å². The normalized spacial score (nSPS) is 20.4. The van der Waals surface area contributed by atoms with E-state index in [4.69, 9.17) is 5.11 Å². The molecule has 0 aromatic rings. The number of carboxylic acid groups (broad SMARTS) is 1. The van der Waals surface area contributed by atoms with E-state index in [9.17, 15) is 9.59 Å². The minimum atomic E-state index is -1.07. The number of thioether (sulfide) groups is 1. The molecule has 0 aromatic heterocycles. The van der Waals surface area contributed by atoms with Crippen LogP contribution >= 0.6 is 11.8 Å². The van der Waals surface area contributed by atoms with E-state index in [-0.39, 0.29) is 10.7 Å². The summed E-state index contributed by atoms with van der Waals surface area (Å²) in [5.41, 5.74) is 0. The van der Waals surface area contributed by atoms with E-state index in [1.165, 1.54) is 19.8 Å². The zero-order valence-corrected chi connectivity index (χ0v) is 10.6. The second-order valence-electron chi connectivity index (χ2n) is 4.37. The predicted octanol–water partition coefficient (Wildman–Crippen LogP) is 1.50. The second-order valence-corrected chi connectivity index (χ2v) is 5.65. The van der Waals surface area contributed by atoms with Crippen LogP contribution in [0.1, 0.15) is 32.6 Å². The fourth-order valence-electron chi connectivity index (χ4n) is 1.99. The van der Waals surface area contributed by atoms with Gasteiger partial charge >= 0.3 is 5.97 Å². The molecule has 1 rings (SSSR count). The molecule has 1 aliphatic rings. The van der Waals surface area contributed by atoms with Crippen molar-refractivity contribution in [3.63, 3.8) is 0 Å². The number of hydrogen-bond acceptors (Lipinski definition) is 3. The number of carbonyl (C=O) groups is 2. The summed E-state index contributed by atoms with van der Waals surface area (Å²) in [6.45, 7) is 2.00. The van der Waals surface area contributed by atoms with Gasteiger partial charge in [-0.1, -0.05) is 12.8 Å². The van der Waals surface area contributed by atoms with Gasteiger partial charge in [0.25, 0.3) is 0 Å². The zero-order chi connectivity index (χ0) is 12.2. The summed E-state index contributed by atoms with van der Waals surface area (Å²) in [4.78, 5) is 22.1. The molecule has 0 heterocycles. The van der Waals surface area contributed by atoms with Gasteiger partial charge in [-0.05, 0) is 26.0 Å². The largest absolute Gasteiger partial charge is 0.481 e. The molecule has 4 nitrogen and oxygen atoms in total. The Balaban J connectivity index is 2.44. The van der Waals surface area contributed by atoms with E-state index in [0.29, 0.717) is 6.54 Å². The van der Waals surface area contributed by atoms with Gasteiger partial charge in [-0.2, -0.15) is 11.8 Å². The van der Waals surface area contributed by atoms with Crippen LogP contribution in [0, 0.1) is 5.92 Å². The Morgan fingerprint density at radius 2 is 2.00 bits per heavy atom. The molecule has 0 aromatic carbocycles. The summed E-state index contributed by atoms with van der Waals surface area (Å²) in [6.07, 6.45) is 6.67. The highest BCUT2D eigenvalue weighted by atomic mass is 32.2. The van der Waals surface area contributed by atoms with Gasteiger partial charge in [0.05, 0.1) is 0 Å². The van der Waals surface area contributed by atoms with E-state index >= 15 is 0 Å². The van der Waals surface area contributed by atoms with Crippen LogP contribution in [0.5, 0.6) is 0 Å². The molecule has 1 aliphatic carbocycles. The van der Waals surface area contributed by atoms with Crippen molar-refractivity contribution in [1.82, 2.24) is 5.32 Å². The third-order valence-electron chi connectivity index (χ3n) is 3.30. The van der Waals surface area contributed by atoms with Crippen LogP contribution in [0.25, 0.3) is 0 Å². The summed E-state index contributed by atoms with van der Waals surface area (Å²) < 4.78 is 0.133. The van der Waals surface area contributed by atoms with Crippen LogP contribution in [0.4, 0.5) is 0 Å². The highest BCUT2D eigenvalue weighted by Crippen LogP contribution is 2.39. The number of carbonyl (C=O) groups excluding carboxylic acids is 1. The maximum absolute atomic E-state index is 11.5. The Morgan fingerprint density at radius 1 is 1.44 bits per heavy atom. The molecular formula is C11H19NO3S. The molecule has 0 bridgehead atoms. The van der Waals surface area contributed by atoms with Gasteiger partial charge in [-0.25, -0.2) is 0 Å². The standard InChI is InChI=1S/C11H19NO3S/c1-8(10(14)15)9(13)12-7-11(16-2)5-3-4-6-11/h8H,3-7H2,1-2H3,(H,12,13)(H,14,15). The SMILES string of the molecule is CSC1(CNC(=O)C(C)C(=O)O)CCCC1. The van der Waals surface area contributed by atoms with Gasteiger partial charge in [0.2, 0.25) is 5.91 Å². The molecule has 16 heavy (non-hydrogen) atoms. The van der Waals surface area contributed by atoms with Gasteiger partial charge in [-0.3, -0.25) is 9.59 Å². The Labute approximate surface area is 100 Å². The van der Waals surface area contributed by atoms with Crippen molar-refractivity contribution in [3.8, 4) is 0 Å². The smallest absolute Gasteiger partial charge is 0.315 e. The monoisotopic (exact) mass is 245 g/mol. The number of nitrogens with one attached hydrogen (secondary N) is 1. The Bertz CT molecular complexity index is 274. The molecule has 0 radical (unpaired) electrons. The first kappa shape index (κ1) is 13.4. The summed E-state index contributed by atoms with van der Waals surface area (Å²) in [5.74, 6) is -2.41. The Hall–Kier alpha value is -0.710. The maximum atomic E-state index is 11.5. The van der Waals surface area contributed by atoms with Gasteiger partial charge in [-0.15, -0.1) is 0 Å². The van der Waals surface area contributed by atoms with E-state index in [1.807, 2.05) is 0 Å². The van der Waals surface area contributed by atoms with Crippen molar-refractivity contribution in [3.05, 3.63) is 0 Å². The predicted molar refractivity (Wildman–Crippen MR) is 64.5 cm³/mol. The highest BCUT2D eigenvalue weighted by Gasteiger charge is 2.34. The molecule has 1 atom stereocenters. The molecule has 1 unspecified atom stereocenters. The van der Waals surface area contributed by atoms with Crippen LogP contribution in [0.15, 0.2) is 0 Å². The van der Waals surface area contributed by atoms with E-state index in [2.05, 4.69) is 11.6 Å². The van der Waals surface area contributed by atoms with Crippen molar-refractivity contribution in [2.45, 2.75) is 37.4 Å². The van der Waals surface area contributed by atoms with E-state index in [1.54, 1.807) is 11.8 Å². The minimum absolute atomic E-state index is 0.133. The fourth-order valence-corrected chi connectivity index (χ4v) is 2.90. The van der Waals surface area contributed by atoms with Gasteiger partial charge in [0, 0.05) is 11.3 Å². The lowest BCUT2D eigenvalue weighted by Gasteiger charge is -2.27. The number of amides is 1. The molecule has 5 heteroatoms. The lowest BCUT2D eigenvalue weighted by molar-refractivity contribution is -0.146. The number of carboxylic acids is 1. The first-order chi connectivity index (χ1) is 7.51. The average Bonchev–Trinajstić information content (AvgIpc) is 2.74. The second kappa shape index (κ2) is 5.57. The average molecular weight is 245 g/mol. The molecule has 0 aliphatic heterocycles. The summed E-state index contributed by atoms with van der Waals surface area (Å²) in [7, 11) is 0. The molecule has 0 saturated heterocycles.